The van der Waals surface area contributed by atoms with Crippen molar-refractivity contribution in [2.45, 2.75) is 121 Å². The van der Waals surface area contributed by atoms with Gasteiger partial charge in [-0.25, -0.2) is 0 Å². The minimum absolute atomic E-state index is 0.0608. The van der Waals surface area contributed by atoms with Crippen LogP contribution in [0.2, 0.25) is 0 Å². The van der Waals surface area contributed by atoms with E-state index in [0.717, 1.165) is 94.2 Å². The molecule has 2 aromatic heterocycles. The van der Waals surface area contributed by atoms with Crippen molar-refractivity contribution in [2.75, 3.05) is 38.9 Å². The van der Waals surface area contributed by atoms with Crippen molar-refractivity contribution in [1.29, 1.82) is 0 Å². The highest BCUT2D eigenvalue weighted by molar-refractivity contribution is 7.98. The summed E-state index contributed by atoms with van der Waals surface area (Å²) >= 11 is 3.58. The Balaban J connectivity index is 0.000000305. The van der Waals surface area contributed by atoms with Gasteiger partial charge in [-0.1, -0.05) is 91.9 Å². The van der Waals surface area contributed by atoms with Crippen molar-refractivity contribution in [3.63, 3.8) is 0 Å². The van der Waals surface area contributed by atoms with Crippen molar-refractivity contribution >= 4 is 63.1 Å². The number of H-pyrrole nitrogens is 2. The van der Waals surface area contributed by atoms with Crippen LogP contribution >= 0.6 is 23.5 Å². The monoisotopic (exact) mass is 1360 g/mol. The molecule has 0 aliphatic rings. The molecule has 2 heterocycles. The third-order valence-electron chi connectivity index (χ3n) is 14.2. The van der Waals surface area contributed by atoms with E-state index in [1.165, 1.54) is 86.1 Å². The molecule has 0 aliphatic carbocycles. The summed E-state index contributed by atoms with van der Waals surface area (Å²) in [7, 11) is 0. The molecule has 6 aromatic carbocycles. The van der Waals surface area contributed by atoms with Gasteiger partial charge in [-0.15, -0.1) is 0 Å². The van der Waals surface area contributed by atoms with Crippen LogP contribution < -0.4 is 0 Å². The first kappa shape index (κ1) is 79.9. The molecular weight excluding hydrogens is 1280 g/mol. The van der Waals surface area contributed by atoms with Gasteiger partial charge in [0.2, 0.25) is 0 Å². The molecule has 6 N–H and O–H groups in total. The van der Waals surface area contributed by atoms with E-state index in [-0.39, 0.29) is 55.5 Å². The molecule has 8 aromatic rings. The number of aliphatic hydroxyl groups is 4. The number of aliphatic hydroxyl groups excluding tert-OH is 2. The highest BCUT2D eigenvalue weighted by Gasteiger charge is 2.36. The Kier molecular flexibility index (Phi) is 30.8. The number of carbonyl (C=O) groups is 3. The summed E-state index contributed by atoms with van der Waals surface area (Å²) < 4.78 is 158. The Morgan fingerprint density at radius 1 is 0.484 bits per heavy atom. The maximum absolute atomic E-state index is 12.9. The molecule has 0 aliphatic heterocycles. The van der Waals surface area contributed by atoms with E-state index >= 15 is 0 Å². The highest BCUT2D eigenvalue weighted by atomic mass is 32.2. The number of thioether (sulfide) groups is 2. The summed E-state index contributed by atoms with van der Waals surface area (Å²) in [5.41, 5.74) is 1.08. The van der Waals surface area contributed by atoms with E-state index in [2.05, 4.69) is 51.3 Å². The van der Waals surface area contributed by atoms with Gasteiger partial charge in [0, 0.05) is 77.9 Å². The molecule has 508 valence electrons. The molecule has 25 heteroatoms. The first-order valence-corrected chi connectivity index (χ1v) is 31.4. The summed E-state index contributed by atoms with van der Waals surface area (Å²) in [6, 6.07) is 32.3. The fraction of sp³-hybridized carbons (Fsp3) is 0.368. The lowest BCUT2D eigenvalue weighted by atomic mass is 9.73. The number of carbonyl (C=O) groups excluding carboxylic acids is 3. The van der Waals surface area contributed by atoms with Crippen LogP contribution in [0.15, 0.2) is 152 Å². The molecule has 0 saturated heterocycles. The number of halogens is 12. The second-order valence-electron chi connectivity index (χ2n) is 21.4. The molecule has 0 fully saturated rings. The number of hydrogen-bond acceptors (Lipinski definition) is 11. The molecule has 0 bridgehead atoms. The minimum Gasteiger partial charge on any atom is -0.466 e. The Bertz CT molecular complexity index is 3570. The van der Waals surface area contributed by atoms with Gasteiger partial charge >= 0.3 is 36.6 Å². The van der Waals surface area contributed by atoms with Crippen LogP contribution in [0.1, 0.15) is 134 Å². The smallest absolute Gasteiger partial charge is 0.416 e. The van der Waals surface area contributed by atoms with E-state index in [9.17, 15) is 82.4 Å². The number of alkyl halides is 12. The maximum atomic E-state index is 12.9. The van der Waals surface area contributed by atoms with E-state index < -0.39 is 69.5 Å². The topological polar surface area (TPSA) is 182 Å². The molecule has 3 unspecified atom stereocenters. The zero-order valence-electron chi connectivity index (χ0n) is 52.5. The van der Waals surface area contributed by atoms with Crippen LogP contribution in [-0.4, -0.2) is 87.1 Å². The van der Waals surface area contributed by atoms with Crippen LogP contribution in [0.25, 0.3) is 21.8 Å². The Labute approximate surface area is 540 Å². The fourth-order valence-electron chi connectivity index (χ4n) is 9.15. The second-order valence-corrected chi connectivity index (χ2v) is 23.1. The molecule has 11 nitrogen and oxygen atoms in total. The lowest BCUT2D eigenvalue weighted by Crippen LogP contribution is -2.26. The standard InChI is InChI=1S/C21H22F3NOS.C13H15F3O3.C11H13F3O2.C10H11NS.C9H7F3O.C4H8O2/c1-20(10-11-26,15-6-8-16(9-7-15)21(22,23)24)18-12-25-19-14(13-27-2)4-3-5-17(18)19;1-3-19-11(17)8-12(2,18)9-4-6-10(7-5-9)13(14,15)16;1-10(16,6-7-15)8-2-4-9(5-3-8)11(12,13)14;1-12-7-9-4-2-3-8-5-6-11-10(8)9;1-6(13)7-2-4-8(5-3-7)9(10,11)12;1-3-6-4(2)5/h3-9,12,25-26H,10-11,13H2,1-2H3;4-7,18H,3,8H2,1-2H3;2-5,15-16H,6-7H2,1H3;2-6,11H,7H2,1H3;2-5H,1H3;3H2,1-2H3. The number of Topliss-reactive ketones (excluding diaryl/α,β-unsaturated/α-hetero) is 1. The van der Waals surface area contributed by atoms with Crippen molar-refractivity contribution in [3.8, 4) is 0 Å². The van der Waals surface area contributed by atoms with Crippen LogP contribution in [0.5, 0.6) is 0 Å². The van der Waals surface area contributed by atoms with Gasteiger partial charge in [0.1, 0.15) is 0 Å². The maximum Gasteiger partial charge on any atom is 0.416 e. The average Bonchev–Trinajstić information content (AvgIpc) is 1.67. The Morgan fingerprint density at radius 3 is 1.27 bits per heavy atom. The summed E-state index contributed by atoms with van der Waals surface area (Å²) in [6.07, 6.45) is -9.23. The van der Waals surface area contributed by atoms with Crippen LogP contribution in [0.3, 0.4) is 0 Å². The molecule has 0 radical (unpaired) electrons. The largest absolute Gasteiger partial charge is 0.466 e. The lowest BCUT2D eigenvalue weighted by molar-refractivity contribution is -0.148. The van der Waals surface area contributed by atoms with Gasteiger partial charge in [0.15, 0.2) is 5.78 Å². The zero-order valence-corrected chi connectivity index (χ0v) is 54.1. The number of para-hydroxylation sites is 2. The number of aromatic amines is 2. The lowest BCUT2D eigenvalue weighted by Gasteiger charge is -2.30. The van der Waals surface area contributed by atoms with E-state index in [1.54, 1.807) is 25.6 Å². The number of benzene rings is 6. The number of hydrogen-bond donors (Lipinski definition) is 6. The van der Waals surface area contributed by atoms with Gasteiger partial charge in [-0.3, -0.25) is 14.4 Å². The first-order chi connectivity index (χ1) is 43.3. The summed E-state index contributed by atoms with van der Waals surface area (Å²) in [4.78, 5) is 38.4. The SMILES string of the molecule is CC(=O)c1ccc(C(F)(F)F)cc1.CC(O)(CCO)c1ccc(C(F)(F)F)cc1.CCOC(=O)CC(C)(O)c1ccc(C(F)(F)F)cc1.CCOC(C)=O.CSCc1cccc2c(C(C)(CCO)c3ccc(C(F)(F)F)cc3)c[nH]c12.CSCc1cccc2cc[nH]c12. The molecule has 0 amide bonds. The molecule has 3 atom stereocenters. The van der Waals surface area contributed by atoms with E-state index in [4.69, 9.17) is 9.84 Å². The van der Waals surface area contributed by atoms with Gasteiger partial charge in [-0.2, -0.15) is 76.2 Å². The molecule has 93 heavy (non-hydrogen) atoms. The third kappa shape index (κ3) is 24.8. The van der Waals surface area contributed by atoms with Gasteiger partial charge in [0.05, 0.1) is 53.1 Å². The number of fused-ring (bicyclic) bond motifs is 2. The van der Waals surface area contributed by atoms with E-state index in [1.807, 2.05) is 49.5 Å². The summed E-state index contributed by atoms with van der Waals surface area (Å²) in [6.45, 7) is 11.3. The van der Waals surface area contributed by atoms with Gasteiger partial charge in [-0.05, 0) is 147 Å². The highest BCUT2D eigenvalue weighted by Crippen LogP contribution is 2.42. The normalized spacial score (nSPS) is 13.4. The van der Waals surface area contributed by atoms with Crippen molar-refractivity contribution in [1.82, 2.24) is 9.97 Å². The number of aromatic nitrogens is 2. The van der Waals surface area contributed by atoms with E-state index in [0.29, 0.717) is 18.6 Å². The predicted molar refractivity (Wildman–Crippen MR) is 339 cm³/mol. The van der Waals surface area contributed by atoms with Crippen molar-refractivity contribution in [3.05, 3.63) is 213 Å². The minimum atomic E-state index is -4.43. The van der Waals surface area contributed by atoms with Crippen LogP contribution in [0.4, 0.5) is 52.7 Å². The van der Waals surface area contributed by atoms with Crippen molar-refractivity contribution < 1.29 is 97.0 Å². The molecular formula is C68H76F12N2O9S2. The van der Waals surface area contributed by atoms with Crippen LogP contribution in [-0.2, 0) is 71.9 Å². The van der Waals surface area contributed by atoms with Gasteiger partial charge < -0.3 is 39.9 Å². The van der Waals surface area contributed by atoms with Crippen molar-refractivity contribution in [2.24, 2.45) is 0 Å². The Morgan fingerprint density at radius 2 is 0.882 bits per heavy atom. The number of ether oxygens (including phenoxy) is 2. The summed E-state index contributed by atoms with van der Waals surface area (Å²) in [5.74, 6) is 0.894. The van der Waals surface area contributed by atoms with Gasteiger partial charge in [0.25, 0.3) is 0 Å². The average molecular weight is 1360 g/mol. The molecule has 0 spiro atoms. The zero-order chi connectivity index (χ0) is 70.2. The third-order valence-corrected chi connectivity index (χ3v) is 15.4. The molecule has 8 rings (SSSR count). The number of esters is 2. The quantitative estimate of drug-likeness (QED) is 0.0290. The predicted octanol–water partition coefficient (Wildman–Crippen LogP) is 17.4. The molecule has 0 saturated carbocycles. The first-order valence-electron chi connectivity index (χ1n) is 28.6. The fourth-order valence-corrected chi connectivity index (χ4v) is 10.3. The number of nitrogens with one attached hydrogen (secondary N) is 2. The summed E-state index contributed by atoms with van der Waals surface area (Å²) in [5, 5.41) is 40.6. The Hall–Kier alpha value is -7.29. The van der Waals surface area contributed by atoms with Crippen LogP contribution in [0, 0.1) is 0 Å². The number of ketones is 1. The second kappa shape index (κ2) is 35.8. The number of rotatable bonds is 17.